The van der Waals surface area contributed by atoms with Crippen molar-refractivity contribution in [1.82, 2.24) is 24.6 Å². The number of hydrogen-bond donors (Lipinski definition) is 1. The maximum Gasteiger partial charge on any atom is 0.258 e. The fourth-order valence-electron chi connectivity index (χ4n) is 3.93. The summed E-state index contributed by atoms with van der Waals surface area (Å²) < 4.78 is 7.74. The van der Waals surface area contributed by atoms with Gasteiger partial charge in [0.05, 0.1) is 29.7 Å². The lowest BCUT2D eigenvalue weighted by Gasteiger charge is -2.26. The SMILES string of the molecule is CN=C1c2ccc(C)cc2[C@@H](C)Oc2nc(cnc2N)-c2c(nn(C)c2C#N)CN1C. The largest absolute Gasteiger partial charge is 0.467 e. The van der Waals surface area contributed by atoms with Crippen LogP contribution < -0.4 is 10.5 Å². The molecule has 1 aliphatic rings. The number of nitriles is 1. The van der Waals surface area contributed by atoms with Crippen molar-refractivity contribution in [2.45, 2.75) is 26.5 Å². The Labute approximate surface area is 180 Å². The number of hydrogen-bond acceptors (Lipinski definition) is 7. The van der Waals surface area contributed by atoms with E-state index in [-0.39, 0.29) is 17.8 Å². The molecule has 0 saturated carbocycles. The Balaban J connectivity index is 2.01. The first-order valence-electron chi connectivity index (χ1n) is 9.88. The molecule has 9 nitrogen and oxygen atoms in total. The van der Waals surface area contributed by atoms with E-state index in [2.05, 4.69) is 32.2 Å². The average molecular weight is 416 g/mol. The van der Waals surface area contributed by atoms with E-state index in [0.29, 0.717) is 29.2 Å². The van der Waals surface area contributed by atoms with Gasteiger partial charge in [0, 0.05) is 32.3 Å². The van der Waals surface area contributed by atoms with Crippen molar-refractivity contribution >= 4 is 11.7 Å². The van der Waals surface area contributed by atoms with Crippen molar-refractivity contribution in [2.75, 3.05) is 19.8 Å². The van der Waals surface area contributed by atoms with Gasteiger partial charge in [-0.2, -0.15) is 10.4 Å². The summed E-state index contributed by atoms with van der Waals surface area (Å²) in [5.74, 6) is 1.20. The van der Waals surface area contributed by atoms with Gasteiger partial charge in [-0.15, -0.1) is 0 Å². The fraction of sp³-hybridized carbons (Fsp3) is 0.318. The summed E-state index contributed by atoms with van der Waals surface area (Å²) in [5, 5.41) is 14.3. The molecule has 2 bridgehead atoms. The standard InChI is InChI=1S/C22H24N8O/c1-12-6-7-14-15(8-12)13(2)31-22-20(24)26-10-16(27-22)19-17(11-29(4)21(14)25-3)28-30(5)18(19)9-23/h6-8,10,13H,11H2,1-5H3,(H2,24,26)/t13-/m1/s1. The normalized spacial score (nSPS) is 17.1. The van der Waals surface area contributed by atoms with E-state index in [9.17, 15) is 5.26 Å². The zero-order chi connectivity index (χ0) is 22.3. The Morgan fingerprint density at radius 1 is 1.32 bits per heavy atom. The van der Waals surface area contributed by atoms with E-state index in [1.807, 2.05) is 37.9 Å². The zero-order valence-electron chi connectivity index (χ0n) is 18.2. The van der Waals surface area contributed by atoms with Crippen molar-refractivity contribution < 1.29 is 4.74 Å². The van der Waals surface area contributed by atoms with Crippen molar-refractivity contribution in [2.24, 2.45) is 12.0 Å². The summed E-state index contributed by atoms with van der Waals surface area (Å²) in [4.78, 5) is 15.5. The van der Waals surface area contributed by atoms with Crippen molar-refractivity contribution in [1.29, 1.82) is 5.26 Å². The lowest BCUT2D eigenvalue weighted by Crippen LogP contribution is -2.29. The molecule has 0 unspecified atom stereocenters. The van der Waals surface area contributed by atoms with Gasteiger partial charge in [0.2, 0.25) is 0 Å². The van der Waals surface area contributed by atoms with Gasteiger partial charge in [-0.05, 0) is 13.8 Å². The van der Waals surface area contributed by atoms with E-state index in [1.165, 1.54) is 0 Å². The van der Waals surface area contributed by atoms with Crippen LogP contribution in [0.3, 0.4) is 0 Å². The molecular formula is C22H24N8O. The molecule has 2 N–H and O–H groups in total. The second kappa shape index (κ2) is 7.72. The van der Waals surface area contributed by atoms with E-state index in [1.54, 1.807) is 25.0 Å². The molecule has 31 heavy (non-hydrogen) atoms. The average Bonchev–Trinajstić information content (AvgIpc) is 3.05. The molecular weight excluding hydrogens is 392 g/mol. The quantitative estimate of drug-likeness (QED) is 0.598. The summed E-state index contributed by atoms with van der Waals surface area (Å²) in [6.07, 6.45) is 1.20. The third kappa shape index (κ3) is 3.46. The molecule has 0 radical (unpaired) electrons. The van der Waals surface area contributed by atoms with Crippen LogP contribution in [0.25, 0.3) is 11.3 Å². The van der Waals surface area contributed by atoms with E-state index >= 15 is 0 Å². The predicted octanol–water partition coefficient (Wildman–Crippen LogP) is 2.60. The number of aryl methyl sites for hydroxylation is 2. The number of aromatic nitrogens is 4. The number of fused-ring (bicyclic) bond motifs is 5. The van der Waals surface area contributed by atoms with Gasteiger partial charge in [0.1, 0.15) is 23.7 Å². The maximum atomic E-state index is 9.75. The number of anilines is 1. The number of nitrogens with two attached hydrogens (primary N) is 1. The van der Waals surface area contributed by atoms with Crippen molar-refractivity contribution in [3.05, 3.63) is 52.5 Å². The van der Waals surface area contributed by atoms with E-state index < -0.39 is 0 Å². The third-order valence-corrected chi connectivity index (χ3v) is 5.38. The molecule has 0 amide bonds. The van der Waals surface area contributed by atoms with Gasteiger partial charge < -0.3 is 15.4 Å². The van der Waals surface area contributed by atoms with Crippen LogP contribution >= 0.6 is 0 Å². The van der Waals surface area contributed by atoms with Crippen molar-refractivity contribution in [3.63, 3.8) is 0 Å². The molecule has 0 aliphatic carbocycles. The molecule has 0 fully saturated rings. The molecule has 158 valence electrons. The molecule has 1 atom stereocenters. The van der Waals surface area contributed by atoms with Crippen LogP contribution in [-0.4, -0.2) is 44.6 Å². The third-order valence-electron chi connectivity index (χ3n) is 5.38. The lowest BCUT2D eigenvalue weighted by atomic mass is 9.98. The fourth-order valence-corrected chi connectivity index (χ4v) is 3.93. The Bertz CT molecular complexity index is 1240. The Hall–Kier alpha value is -3.93. The number of aliphatic imine (C=N–C) groups is 1. The molecule has 1 aromatic carbocycles. The van der Waals surface area contributed by atoms with Crippen LogP contribution in [0.5, 0.6) is 5.88 Å². The van der Waals surface area contributed by atoms with Gasteiger partial charge in [-0.1, -0.05) is 23.8 Å². The molecule has 4 rings (SSSR count). The number of benzene rings is 1. The van der Waals surface area contributed by atoms with Crippen LogP contribution in [0.15, 0.2) is 29.4 Å². The lowest BCUT2D eigenvalue weighted by molar-refractivity contribution is 0.218. The van der Waals surface area contributed by atoms with Crippen LogP contribution in [0.2, 0.25) is 0 Å². The van der Waals surface area contributed by atoms with Gasteiger partial charge in [-0.25, -0.2) is 9.97 Å². The molecule has 1 aliphatic heterocycles. The molecule has 0 spiro atoms. The minimum absolute atomic E-state index is 0.187. The minimum Gasteiger partial charge on any atom is -0.467 e. The topological polar surface area (TPSA) is 118 Å². The van der Waals surface area contributed by atoms with Crippen LogP contribution in [0.4, 0.5) is 5.82 Å². The molecule has 2 aromatic heterocycles. The zero-order valence-corrected chi connectivity index (χ0v) is 18.2. The monoisotopic (exact) mass is 416 g/mol. The second-order valence-corrected chi connectivity index (χ2v) is 7.61. The first kappa shape index (κ1) is 20.3. The van der Waals surface area contributed by atoms with E-state index in [0.717, 1.165) is 22.5 Å². The highest BCUT2D eigenvalue weighted by molar-refractivity contribution is 6.00. The number of rotatable bonds is 0. The maximum absolute atomic E-state index is 9.75. The summed E-state index contributed by atoms with van der Waals surface area (Å²) in [7, 11) is 5.45. The van der Waals surface area contributed by atoms with Gasteiger partial charge in [0.25, 0.3) is 5.88 Å². The highest BCUT2D eigenvalue weighted by atomic mass is 16.5. The first-order valence-corrected chi connectivity index (χ1v) is 9.88. The van der Waals surface area contributed by atoms with Crippen molar-refractivity contribution in [3.8, 4) is 23.2 Å². The van der Waals surface area contributed by atoms with E-state index in [4.69, 9.17) is 10.5 Å². The number of nitrogens with zero attached hydrogens (tertiary/aromatic N) is 7. The number of nitrogen functional groups attached to an aromatic ring is 1. The van der Waals surface area contributed by atoms with Crippen LogP contribution in [-0.2, 0) is 13.6 Å². The second-order valence-electron chi connectivity index (χ2n) is 7.61. The van der Waals surface area contributed by atoms with Crippen LogP contribution in [0, 0.1) is 18.3 Å². The highest BCUT2D eigenvalue weighted by Gasteiger charge is 2.26. The van der Waals surface area contributed by atoms with Gasteiger partial charge >= 0.3 is 0 Å². The number of amidine groups is 1. The summed E-state index contributed by atoms with van der Waals surface area (Å²) >= 11 is 0. The molecule has 0 saturated heterocycles. The first-order chi connectivity index (χ1) is 14.8. The predicted molar refractivity (Wildman–Crippen MR) is 118 cm³/mol. The number of ether oxygens (including phenoxy) is 1. The Kier molecular flexibility index (Phi) is 5.07. The Morgan fingerprint density at radius 3 is 2.81 bits per heavy atom. The molecule has 3 aromatic rings. The smallest absolute Gasteiger partial charge is 0.258 e. The summed E-state index contributed by atoms with van der Waals surface area (Å²) in [5.41, 5.74) is 11.3. The molecule has 3 heterocycles. The van der Waals surface area contributed by atoms with Gasteiger partial charge in [-0.3, -0.25) is 9.67 Å². The summed E-state index contributed by atoms with van der Waals surface area (Å²) in [6, 6.07) is 8.39. The highest BCUT2D eigenvalue weighted by Crippen LogP contribution is 2.33. The minimum atomic E-state index is -0.352. The van der Waals surface area contributed by atoms with Crippen LogP contribution in [0.1, 0.15) is 41.1 Å². The Morgan fingerprint density at radius 2 is 2.10 bits per heavy atom. The van der Waals surface area contributed by atoms with Gasteiger partial charge in [0.15, 0.2) is 5.82 Å². The molecule has 9 heteroatoms. The summed E-state index contributed by atoms with van der Waals surface area (Å²) in [6.45, 7) is 4.41.